The van der Waals surface area contributed by atoms with Crippen molar-refractivity contribution >= 4 is 35.1 Å². The monoisotopic (exact) mass is 411 g/mol. The van der Waals surface area contributed by atoms with E-state index in [1.807, 2.05) is 11.9 Å². The molecule has 2 bridgehead atoms. The maximum Gasteiger partial charge on any atom is 0.236 e. The predicted octanol–water partition coefficient (Wildman–Crippen LogP) is 3.23. The summed E-state index contributed by atoms with van der Waals surface area (Å²) in [4.78, 5) is 28.0. The predicted molar refractivity (Wildman–Crippen MR) is 107 cm³/mol. The highest BCUT2D eigenvalue weighted by molar-refractivity contribution is 6.33. The van der Waals surface area contributed by atoms with Crippen molar-refractivity contribution < 1.29 is 4.79 Å². The second-order valence-corrected chi connectivity index (χ2v) is 8.82. The SMILES string of the molecule is CN(c1nc(Cl)cc(Cl)n1)[C@@H]1C[C@H]2CCC[C@@H](C1)N2CC(=O)N1CCCC1. The molecule has 8 heteroatoms. The van der Waals surface area contributed by atoms with Crippen molar-refractivity contribution in [3.8, 4) is 0 Å². The van der Waals surface area contributed by atoms with Gasteiger partial charge in [-0.15, -0.1) is 0 Å². The Morgan fingerprint density at radius 2 is 1.70 bits per heavy atom. The number of hydrogen-bond acceptors (Lipinski definition) is 5. The molecule has 4 rings (SSSR count). The Morgan fingerprint density at radius 1 is 1.11 bits per heavy atom. The van der Waals surface area contributed by atoms with Gasteiger partial charge in [0, 0.05) is 44.3 Å². The van der Waals surface area contributed by atoms with E-state index in [1.165, 1.54) is 6.42 Å². The van der Waals surface area contributed by atoms with Gasteiger partial charge in [0.05, 0.1) is 6.54 Å². The van der Waals surface area contributed by atoms with E-state index >= 15 is 0 Å². The Kier molecular flexibility index (Phi) is 5.76. The van der Waals surface area contributed by atoms with Crippen LogP contribution in [0.5, 0.6) is 0 Å². The molecule has 1 aromatic heterocycles. The highest BCUT2D eigenvalue weighted by atomic mass is 35.5. The lowest BCUT2D eigenvalue weighted by Crippen LogP contribution is -2.58. The van der Waals surface area contributed by atoms with Gasteiger partial charge >= 0.3 is 0 Å². The summed E-state index contributed by atoms with van der Waals surface area (Å²) in [6.45, 7) is 2.44. The van der Waals surface area contributed by atoms with Crippen molar-refractivity contribution in [3.63, 3.8) is 0 Å². The average molecular weight is 412 g/mol. The second-order valence-electron chi connectivity index (χ2n) is 8.05. The van der Waals surface area contributed by atoms with Gasteiger partial charge in [-0.2, -0.15) is 0 Å². The van der Waals surface area contributed by atoms with Gasteiger partial charge in [0.15, 0.2) is 0 Å². The minimum atomic E-state index is 0.307. The van der Waals surface area contributed by atoms with Gasteiger partial charge in [0.25, 0.3) is 0 Å². The third-order valence-corrected chi connectivity index (χ3v) is 6.78. The molecular weight excluding hydrogens is 385 g/mol. The van der Waals surface area contributed by atoms with Crippen molar-refractivity contribution in [2.45, 2.75) is 63.1 Å². The lowest BCUT2D eigenvalue weighted by atomic mass is 9.81. The van der Waals surface area contributed by atoms with Crippen molar-refractivity contribution in [2.24, 2.45) is 0 Å². The molecule has 3 aliphatic heterocycles. The minimum absolute atomic E-state index is 0.307. The van der Waals surface area contributed by atoms with Gasteiger partial charge in [-0.3, -0.25) is 9.69 Å². The van der Waals surface area contributed by atoms with Crippen LogP contribution in [0.25, 0.3) is 0 Å². The standard InChI is InChI=1S/C19H27Cl2N5O/c1-24(19-22-16(20)11-17(21)23-19)15-9-13-5-4-6-14(10-15)26(13)12-18(27)25-7-2-3-8-25/h11,13-15H,2-10,12H2,1H3/t13-,14+,15-. The lowest BCUT2D eigenvalue weighted by molar-refractivity contribution is -0.134. The Hall–Kier alpha value is -1.11. The third kappa shape index (κ3) is 4.17. The number of amides is 1. The van der Waals surface area contributed by atoms with Crippen LogP contribution in [-0.4, -0.2) is 70.5 Å². The van der Waals surface area contributed by atoms with E-state index in [-0.39, 0.29) is 0 Å². The Labute approximate surface area is 170 Å². The Morgan fingerprint density at radius 3 is 2.30 bits per heavy atom. The normalized spacial score (nSPS) is 28.4. The quantitative estimate of drug-likeness (QED) is 0.711. The zero-order valence-corrected chi connectivity index (χ0v) is 17.3. The fraction of sp³-hybridized carbons (Fsp3) is 0.737. The van der Waals surface area contributed by atoms with Gasteiger partial charge in [-0.1, -0.05) is 29.6 Å². The number of carbonyl (C=O) groups is 1. The van der Waals surface area contributed by atoms with Crippen LogP contribution >= 0.6 is 23.2 Å². The number of fused-ring (bicyclic) bond motifs is 2. The van der Waals surface area contributed by atoms with E-state index in [0.717, 1.165) is 51.6 Å². The first-order valence-corrected chi connectivity index (χ1v) is 10.7. The summed E-state index contributed by atoms with van der Waals surface area (Å²) in [6, 6.07) is 2.80. The molecule has 0 aliphatic carbocycles. The molecule has 1 aromatic rings. The summed E-state index contributed by atoms with van der Waals surface area (Å²) in [5.41, 5.74) is 0. The van der Waals surface area contributed by atoms with Gasteiger partial charge in [-0.25, -0.2) is 9.97 Å². The van der Waals surface area contributed by atoms with Crippen LogP contribution in [0.3, 0.4) is 0 Å². The molecule has 0 saturated carbocycles. The Balaban J connectivity index is 1.45. The van der Waals surface area contributed by atoms with E-state index < -0.39 is 0 Å². The maximum atomic E-state index is 12.7. The highest BCUT2D eigenvalue weighted by Gasteiger charge is 2.41. The van der Waals surface area contributed by atoms with Gasteiger partial charge in [0.2, 0.25) is 11.9 Å². The second kappa shape index (κ2) is 8.10. The van der Waals surface area contributed by atoms with Crippen LogP contribution in [0, 0.1) is 0 Å². The molecule has 148 valence electrons. The first kappa shape index (κ1) is 19.2. The number of halogens is 2. The van der Waals surface area contributed by atoms with Gasteiger partial charge in [0.1, 0.15) is 10.3 Å². The number of likely N-dealkylation sites (tertiary alicyclic amines) is 1. The van der Waals surface area contributed by atoms with E-state index in [4.69, 9.17) is 23.2 Å². The number of anilines is 1. The van der Waals surface area contributed by atoms with Crippen LogP contribution in [0.15, 0.2) is 6.07 Å². The number of rotatable bonds is 4. The van der Waals surface area contributed by atoms with Crippen molar-refractivity contribution in [1.29, 1.82) is 0 Å². The minimum Gasteiger partial charge on any atom is -0.342 e. The summed E-state index contributed by atoms with van der Waals surface area (Å²) in [6.07, 6.45) is 7.90. The summed E-state index contributed by atoms with van der Waals surface area (Å²) in [7, 11) is 2.02. The summed E-state index contributed by atoms with van der Waals surface area (Å²) < 4.78 is 0. The number of aromatic nitrogens is 2. The number of nitrogens with zero attached hydrogens (tertiary/aromatic N) is 5. The summed E-state index contributed by atoms with van der Waals surface area (Å²) in [5, 5.41) is 0.733. The molecule has 0 unspecified atom stereocenters. The van der Waals surface area contributed by atoms with Crippen LogP contribution in [0.4, 0.5) is 5.95 Å². The maximum absolute atomic E-state index is 12.7. The van der Waals surface area contributed by atoms with E-state index in [0.29, 0.717) is 46.8 Å². The van der Waals surface area contributed by atoms with Gasteiger partial charge in [-0.05, 0) is 38.5 Å². The number of hydrogen-bond donors (Lipinski definition) is 0. The largest absolute Gasteiger partial charge is 0.342 e. The number of piperidine rings is 2. The summed E-state index contributed by atoms with van der Waals surface area (Å²) in [5.74, 6) is 0.887. The smallest absolute Gasteiger partial charge is 0.236 e. The highest BCUT2D eigenvalue weighted by Crippen LogP contribution is 2.36. The third-order valence-electron chi connectivity index (χ3n) is 6.39. The van der Waals surface area contributed by atoms with E-state index in [1.54, 1.807) is 6.07 Å². The molecular formula is C19H27Cl2N5O. The van der Waals surface area contributed by atoms with Crippen molar-refractivity contribution in [1.82, 2.24) is 19.8 Å². The van der Waals surface area contributed by atoms with Crippen LogP contribution in [0.1, 0.15) is 44.9 Å². The molecule has 6 nitrogen and oxygen atoms in total. The van der Waals surface area contributed by atoms with Crippen LogP contribution in [0.2, 0.25) is 10.3 Å². The van der Waals surface area contributed by atoms with E-state index in [2.05, 4.69) is 19.8 Å². The van der Waals surface area contributed by atoms with Crippen LogP contribution < -0.4 is 4.90 Å². The summed E-state index contributed by atoms with van der Waals surface area (Å²) >= 11 is 12.1. The molecule has 27 heavy (non-hydrogen) atoms. The molecule has 4 heterocycles. The zero-order valence-electron chi connectivity index (χ0n) is 15.8. The first-order chi connectivity index (χ1) is 13.0. The average Bonchev–Trinajstić information content (AvgIpc) is 3.14. The van der Waals surface area contributed by atoms with Crippen molar-refractivity contribution in [3.05, 3.63) is 16.4 Å². The molecule has 0 radical (unpaired) electrons. The molecule has 0 N–H and O–H groups in total. The fourth-order valence-electron chi connectivity index (χ4n) is 4.95. The fourth-order valence-corrected chi connectivity index (χ4v) is 5.36. The molecule has 3 atom stereocenters. The van der Waals surface area contributed by atoms with Crippen LogP contribution in [-0.2, 0) is 4.79 Å². The molecule has 1 amide bonds. The molecule has 0 aromatic carbocycles. The van der Waals surface area contributed by atoms with Gasteiger partial charge < -0.3 is 9.80 Å². The first-order valence-electron chi connectivity index (χ1n) is 9.97. The zero-order chi connectivity index (χ0) is 19.0. The lowest BCUT2D eigenvalue weighted by Gasteiger charge is -2.50. The molecule has 3 saturated heterocycles. The topological polar surface area (TPSA) is 52.6 Å². The van der Waals surface area contributed by atoms with E-state index in [9.17, 15) is 4.79 Å². The van der Waals surface area contributed by atoms with Crippen molar-refractivity contribution in [2.75, 3.05) is 31.6 Å². The molecule has 3 aliphatic rings. The molecule has 3 fully saturated rings. The molecule has 0 spiro atoms. The number of carbonyl (C=O) groups excluding carboxylic acids is 1. The Bertz CT molecular complexity index is 662.